The highest BCUT2D eigenvalue weighted by molar-refractivity contribution is 7.99. The van der Waals surface area contributed by atoms with Crippen LogP contribution in [0, 0.1) is 13.8 Å². The molecule has 0 saturated heterocycles. The maximum Gasteiger partial charge on any atom is 0.191 e. The molecule has 21 heavy (non-hydrogen) atoms. The largest absolute Gasteiger partial charge is 0.309 e. The Bertz CT molecular complexity index is 562. The number of nitrogens with zero attached hydrogens (tertiary/aromatic N) is 3. The van der Waals surface area contributed by atoms with Crippen molar-refractivity contribution in [3.05, 3.63) is 41.2 Å². The standard InChI is InChI=1S/C16H24N4S/c1-5-10-17-15(14-8-6-12(2)7-9-14)11-21-16-19-18-13(3)20(16)4/h6-9,15,17H,5,10-11H2,1-4H3. The Hall–Kier alpha value is -1.33. The fourth-order valence-corrected chi connectivity index (χ4v) is 3.11. The summed E-state index contributed by atoms with van der Waals surface area (Å²) in [7, 11) is 2.01. The van der Waals surface area contributed by atoms with E-state index in [1.54, 1.807) is 11.8 Å². The molecule has 1 aromatic carbocycles. The molecule has 0 aliphatic rings. The first-order valence-electron chi connectivity index (χ1n) is 7.40. The van der Waals surface area contributed by atoms with Gasteiger partial charge in [0, 0.05) is 18.8 Å². The van der Waals surface area contributed by atoms with Crippen molar-refractivity contribution >= 4 is 11.8 Å². The Kier molecular flexibility index (Phi) is 5.82. The number of rotatable bonds is 7. The zero-order valence-corrected chi connectivity index (χ0v) is 14.1. The molecule has 4 nitrogen and oxygen atoms in total. The van der Waals surface area contributed by atoms with Gasteiger partial charge in [0.2, 0.25) is 0 Å². The normalized spacial score (nSPS) is 12.6. The average molecular weight is 304 g/mol. The van der Waals surface area contributed by atoms with Gasteiger partial charge in [-0.3, -0.25) is 0 Å². The molecule has 5 heteroatoms. The molecule has 0 radical (unpaired) electrons. The second kappa shape index (κ2) is 7.61. The van der Waals surface area contributed by atoms with E-state index in [0.29, 0.717) is 6.04 Å². The summed E-state index contributed by atoms with van der Waals surface area (Å²) in [5.41, 5.74) is 2.63. The topological polar surface area (TPSA) is 42.7 Å². The second-order valence-corrected chi connectivity index (χ2v) is 6.30. The smallest absolute Gasteiger partial charge is 0.191 e. The summed E-state index contributed by atoms with van der Waals surface area (Å²) in [4.78, 5) is 0. The van der Waals surface area contributed by atoms with E-state index in [4.69, 9.17) is 0 Å². The maximum absolute atomic E-state index is 4.22. The molecule has 1 aromatic heterocycles. The van der Waals surface area contributed by atoms with Crippen LogP contribution >= 0.6 is 11.8 Å². The van der Waals surface area contributed by atoms with E-state index in [0.717, 1.165) is 29.7 Å². The molecule has 0 bridgehead atoms. The minimum atomic E-state index is 0.340. The predicted molar refractivity (Wildman–Crippen MR) is 88.7 cm³/mol. The van der Waals surface area contributed by atoms with Crippen LogP contribution in [0.15, 0.2) is 29.4 Å². The van der Waals surface area contributed by atoms with E-state index in [1.165, 1.54) is 11.1 Å². The highest BCUT2D eigenvalue weighted by atomic mass is 32.2. The van der Waals surface area contributed by atoms with Crippen molar-refractivity contribution in [2.75, 3.05) is 12.3 Å². The Morgan fingerprint density at radius 1 is 1.19 bits per heavy atom. The SMILES string of the molecule is CCCNC(CSc1nnc(C)n1C)c1ccc(C)cc1. The molecular formula is C16H24N4S. The van der Waals surface area contributed by atoms with Crippen LogP contribution in [-0.4, -0.2) is 27.1 Å². The number of aryl methyl sites for hydroxylation is 2. The van der Waals surface area contributed by atoms with Gasteiger partial charge in [-0.25, -0.2) is 0 Å². The minimum Gasteiger partial charge on any atom is -0.309 e. The van der Waals surface area contributed by atoms with Gasteiger partial charge < -0.3 is 9.88 Å². The first-order valence-corrected chi connectivity index (χ1v) is 8.39. The minimum absolute atomic E-state index is 0.340. The van der Waals surface area contributed by atoms with Crippen molar-refractivity contribution < 1.29 is 0 Å². The molecule has 0 saturated carbocycles. The third kappa shape index (κ3) is 4.32. The molecule has 2 rings (SSSR count). The van der Waals surface area contributed by atoms with Crippen molar-refractivity contribution in [2.24, 2.45) is 7.05 Å². The third-order valence-corrected chi connectivity index (χ3v) is 4.67. The summed E-state index contributed by atoms with van der Waals surface area (Å²) in [6.07, 6.45) is 1.14. The van der Waals surface area contributed by atoms with Crippen molar-refractivity contribution in [2.45, 2.75) is 38.4 Å². The fourth-order valence-electron chi connectivity index (χ4n) is 2.06. The van der Waals surface area contributed by atoms with E-state index in [9.17, 15) is 0 Å². The van der Waals surface area contributed by atoms with Crippen LogP contribution in [0.25, 0.3) is 0 Å². The number of nitrogens with one attached hydrogen (secondary N) is 1. The summed E-state index contributed by atoms with van der Waals surface area (Å²) in [5, 5.41) is 12.9. The van der Waals surface area contributed by atoms with E-state index in [-0.39, 0.29) is 0 Å². The van der Waals surface area contributed by atoms with Gasteiger partial charge in [-0.2, -0.15) is 0 Å². The number of thioether (sulfide) groups is 1. The van der Waals surface area contributed by atoms with Gasteiger partial charge >= 0.3 is 0 Å². The zero-order valence-electron chi connectivity index (χ0n) is 13.3. The van der Waals surface area contributed by atoms with E-state index < -0.39 is 0 Å². The number of aromatic nitrogens is 3. The van der Waals surface area contributed by atoms with E-state index in [2.05, 4.69) is 53.6 Å². The van der Waals surface area contributed by atoms with Crippen LogP contribution < -0.4 is 5.32 Å². The van der Waals surface area contributed by atoms with Gasteiger partial charge in [-0.1, -0.05) is 48.5 Å². The summed E-state index contributed by atoms with van der Waals surface area (Å²) in [6.45, 7) is 7.31. The van der Waals surface area contributed by atoms with Gasteiger partial charge in [0.25, 0.3) is 0 Å². The Morgan fingerprint density at radius 3 is 2.48 bits per heavy atom. The van der Waals surface area contributed by atoms with Gasteiger partial charge in [0.15, 0.2) is 5.16 Å². The molecule has 1 unspecified atom stereocenters. The molecule has 0 aliphatic heterocycles. The van der Waals surface area contributed by atoms with Gasteiger partial charge in [0.05, 0.1) is 0 Å². The van der Waals surface area contributed by atoms with Crippen molar-refractivity contribution in [3.63, 3.8) is 0 Å². The quantitative estimate of drug-likeness (QED) is 0.797. The number of benzene rings is 1. The summed E-state index contributed by atoms with van der Waals surface area (Å²) >= 11 is 1.75. The van der Waals surface area contributed by atoms with Gasteiger partial charge in [-0.05, 0) is 32.4 Å². The molecule has 0 spiro atoms. The summed E-state index contributed by atoms with van der Waals surface area (Å²) in [5.74, 6) is 1.90. The van der Waals surface area contributed by atoms with Gasteiger partial charge in [0.1, 0.15) is 5.82 Å². The molecular weight excluding hydrogens is 280 g/mol. The molecule has 1 atom stereocenters. The molecule has 0 amide bonds. The first-order chi connectivity index (χ1) is 10.1. The lowest BCUT2D eigenvalue weighted by molar-refractivity contribution is 0.576. The van der Waals surface area contributed by atoms with Crippen molar-refractivity contribution in [1.82, 2.24) is 20.1 Å². The van der Waals surface area contributed by atoms with Crippen LogP contribution in [0.3, 0.4) is 0 Å². The lowest BCUT2D eigenvalue weighted by atomic mass is 10.1. The first kappa shape index (κ1) is 16.0. The number of hydrogen-bond donors (Lipinski definition) is 1. The summed E-state index contributed by atoms with van der Waals surface area (Å²) in [6, 6.07) is 9.11. The van der Waals surface area contributed by atoms with E-state index >= 15 is 0 Å². The highest BCUT2D eigenvalue weighted by Gasteiger charge is 2.13. The van der Waals surface area contributed by atoms with E-state index in [1.807, 2.05) is 18.5 Å². The van der Waals surface area contributed by atoms with Crippen molar-refractivity contribution in [3.8, 4) is 0 Å². The van der Waals surface area contributed by atoms with Crippen molar-refractivity contribution in [1.29, 1.82) is 0 Å². The maximum atomic E-state index is 4.22. The molecule has 0 fully saturated rings. The molecule has 2 aromatic rings. The third-order valence-electron chi connectivity index (χ3n) is 3.55. The lowest BCUT2D eigenvalue weighted by Crippen LogP contribution is -2.24. The molecule has 0 aliphatic carbocycles. The zero-order chi connectivity index (χ0) is 15.2. The average Bonchev–Trinajstić information content (AvgIpc) is 2.80. The predicted octanol–water partition coefficient (Wildman–Crippen LogP) is 3.26. The highest BCUT2D eigenvalue weighted by Crippen LogP contribution is 2.24. The van der Waals surface area contributed by atoms with Crippen LogP contribution in [0.2, 0.25) is 0 Å². The van der Waals surface area contributed by atoms with Crippen LogP contribution in [0.5, 0.6) is 0 Å². The Morgan fingerprint density at radius 2 is 1.90 bits per heavy atom. The fraction of sp³-hybridized carbons (Fsp3) is 0.500. The lowest BCUT2D eigenvalue weighted by Gasteiger charge is -2.18. The van der Waals surface area contributed by atoms with Crippen LogP contribution in [0.1, 0.15) is 36.3 Å². The Balaban J connectivity index is 2.05. The number of hydrogen-bond acceptors (Lipinski definition) is 4. The Labute approximate surface area is 131 Å². The monoisotopic (exact) mass is 304 g/mol. The molecule has 1 N–H and O–H groups in total. The van der Waals surface area contributed by atoms with Crippen LogP contribution in [-0.2, 0) is 7.05 Å². The van der Waals surface area contributed by atoms with Crippen LogP contribution in [0.4, 0.5) is 0 Å². The summed E-state index contributed by atoms with van der Waals surface area (Å²) < 4.78 is 2.04. The van der Waals surface area contributed by atoms with Gasteiger partial charge in [-0.15, -0.1) is 10.2 Å². The second-order valence-electron chi connectivity index (χ2n) is 5.32. The molecule has 1 heterocycles. The molecule has 114 valence electrons.